The second-order valence-electron chi connectivity index (χ2n) is 8.39. The number of amides is 3. The molecule has 166 valence electrons. The van der Waals surface area contributed by atoms with Gasteiger partial charge in [-0.3, -0.25) is 4.79 Å². The average molecular weight is 424 g/mol. The number of carbonyl (C=O) groups is 2. The Hall–Kier alpha value is -3.06. The number of nitrogens with two attached hydrogens (primary N) is 1. The first kappa shape index (κ1) is 22.6. The third-order valence-corrected chi connectivity index (χ3v) is 5.59. The van der Waals surface area contributed by atoms with Gasteiger partial charge in [-0.25, -0.2) is 4.79 Å². The highest BCUT2D eigenvalue weighted by atomic mass is 16.2. The van der Waals surface area contributed by atoms with Gasteiger partial charge in [-0.2, -0.15) is 0 Å². The summed E-state index contributed by atoms with van der Waals surface area (Å²) in [6.07, 6.45) is 4.48. The van der Waals surface area contributed by atoms with Crippen LogP contribution in [-0.2, 0) is 6.54 Å². The first-order chi connectivity index (χ1) is 14.9. The Morgan fingerprint density at radius 3 is 2.32 bits per heavy atom. The van der Waals surface area contributed by atoms with E-state index in [4.69, 9.17) is 5.73 Å². The van der Waals surface area contributed by atoms with Crippen molar-refractivity contribution in [2.75, 3.05) is 38.2 Å². The van der Waals surface area contributed by atoms with Crippen LogP contribution in [-0.4, -0.2) is 55.0 Å². The third kappa shape index (κ3) is 6.72. The highest BCUT2D eigenvalue weighted by Crippen LogP contribution is 2.19. The van der Waals surface area contributed by atoms with Gasteiger partial charge in [-0.1, -0.05) is 37.1 Å². The maximum atomic E-state index is 12.8. The summed E-state index contributed by atoms with van der Waals surface area (Å²) in [7, 11) is 4.00. The molecule has 0 aromatic heterocycles. The first-order valence-electron chi connectivity index (χ1n) is 10.9. The van der Waals surface area contributed by atoms with E-state index < -0.39 is 0 Å². The number of hydrogen-bond acceptors (Lipinski definition) is 4. The molecule has 3 rings (SSSR count). The lowest BCUT2D eigenvalue weighted by Gasteiger charge is -2.26. The Bertz CT molecular complexity index is 876. The van der Waals surface area contributed by atoms with Gasteiger partial charge < -0.3 is 26.2 Å². The maximum absolute atomic E-state index is 12.8. The van der Waals surface area contributed by atoms with E-state index in [1.165, 1.54) is 12.8 Å². The molecule has 2 aromatic rings. The Morgan fingerprint density at radius 1 is 1.00 bits per heavy atom. The standard InChI is InChI=1S/C24H33N5O2/c1-28(2)15-16-29(24(31)26-20-7-3-4-8-20)17-18-11-13-19(14-12-18)23(30)27-22-10-6-5-9-21(22)25/h5-6,9-14,20H,3-4,7-8,15-17,25H2,1-2H3,(H,26,31)(H,27,30). The van der Waals surface area contributed by atoms with Gasteiger partial charge in [0.2, 0.25) is 0 Å². The molecule has 1 aliphatic rings. The molecule has 0 unspecified atom stereocenters. The molecule has 1 saturated carbocycles. The van der Waals surface area contributed by atoms with Gasteiger partial charge in [0.15, 0.2) is 0 Å². The molecule has 0 atom stereocenters. The Balaban J connectivity index is 1.63. The molecule has 7 nitrogen and oxygen atoms in total. The molecule has 1 aliphatic carbocycles. The molecule has 4 N–H and O–H groups in total. The number of hydrogen-bond donors (Lipinski definition) is 3. The Morgan fingerprint density at radius 2 is 1.68 bits per heavy atom. The predicted molar refractivity (Wildman–Crippen MR) is 125 cm³/mol. The summed E-state index contributed by atoms with van der Waals surface area (Å²) in [5.74, 6) is -0.215. The van der Waals surface area contributed by atoms with E-state index in [1.54, 1.807) is 24.3 Å². The molecule has 0 saturated heterocycles. The zero-order valence-electron chi connectivity index (χ0n) is 18.4. The second kappa shape index (κ2) is 10.8. The van der Waals surface area contributed by atoms with Gasteiger partial charge in [-0.05, 0) is 56.8 Å². The van der Waals surface area contributed by atoms with Crippen LogP contribution in [0.4, 0.5) is 16.2 Å². The van der Waals surface area contributed by atoms with Crippen molar-refractivity contribution in [3.8, 4) is 0 Å². The number of likely N-dealkylation sites (N-methyl/N-ethyl adjacent to an activating group) is 1. The largest absolute Gasteiger partial charge is 0.397 e. The van der Waals surface area contributed by atoms with Crippen molar-refractivity contribution in [3.05, 3.63) is 59.7 Å². The van der Waals surface area contributed by atoms with Crippen molar-refractivity contribution in [2.45, 2.75) is 38.3 Å². The van der Waals surface area contributed by atoms with Crippen LogP contribution >= 0.6 is 0 Å². The zero-order chi connectivity index (χ0) is 22.2. The monoisotopic (exact) mass is 423 g/mol. The third-order valence-electron chi connectivity index (χ3n) is 5.59. The summed E-state index contributed by atoms with van der Waals surface area (Å²) in [6, 6.07) is 14.8. The second-order valence-corrected chi connectivity index (χ2v) is 8.39. The van der Waals surface area contributed by atoms with E-state index in [-0.39, 0.29) is 18.0 Å². The summed E-state index contributed by atoms with van der Waals surface area (Å²) in [6.45, 7) is 1.93. The first-order valence-corrected chi connectivity index (χ1v) is 10.9. The zero-order valence-corrected chi connectivity index (χ0v) is 18.4. The number of nitrogens with one attached hydrogen (secondary N) is 2. The molecule has 2 aromatic carbocycles. The number of nitrogen functional groups attached to an aromatic ring is 1. The fraction of sp³-hybridized carbons (Fsp3) is 0.417. The van der Waals surface area contributed by atoms with Crippen LogP contribution in [0.3, 0.4) is 0 Å². The summed E-state index contributed by atoms with van der Waals surface area (Å²) < 4.78 is 0. The van der Waals surface area contributed by atoms with Crippen LogP contribution < -0.4 is 16.4 Å². The molecule has 0 bridgehead atoms. The van der Waals surface area contributed by atoms with Crippen LogP contribution in [0.2, 0.25) is 0 Å². The lowest BCUT2D eigenvalue weighted by molar-refractivity contribution is 0.102. The molecule has 0 radical (unpaired) electrons. The van der Waals surface area contributed by atoms with E-state index >= 15 is 0 Å². The summed E-state index contributed by atoms with van der Waals surface area (Å²) >= 11 is 0. The molecule has 0 aliphatic heterocycles. The summed E-state index contributed by atoms with van der Waals surface area (Å²) in [4.78, 5) is 29.3. The number of carbonyl (C=O) groups excluding carboxylic acids is 2. The van der Waals surface area contributed by atoms with Gasteiger partial charge in [0.25, 0.3) is 5.91 Å². The Labute approximate surface area is 184 Å². The van der Waals surface area contributed by atoms with E-state index in [2.05, 4.69) is 15.5 Å². The van der Waals surface area contributed by atoms with Gasteiger partial charge in [0.05, 0.1) is 11.4 Å². The number of benzene rings is 2. The summed E-state index contributed by atoms with van der Waals surface area (Å²) in [5.41, 5.74) is 8.54. The minimum absolute atomic E-state index is 0.0184. The van der Waals surface area contributed by atoms with E-state index in [0.29, 0.717) is 30.0 Å². The quantitative estimate of drug-likeness (QED) is 0.567. The van der Waals surface area contributed by atoms with Crippen molar-refractivity contribution in [1.29, 1.82) is 0 Å². The highest BCUT2D eigenvalue weighted by molar-refractivity contribution is 6.05. The van der Waals surface area contributed by atoms with Crippen molar-refractivity contribution in [1.82, 2.24) is 15.1 Å². The van der Waals surface area contributed by atoms with E-state index in [9.17, 15) is 9.59 Å². The van der Waals surface area contributed by atoms with Crippen molar-refractivity contribution >= 4 is 23.3 Å². The molecule has 7 heteroatoms. The molecule has 31 heavy (non-hydrogen) atoms. The van der Waals surface area contributed by atoms with Crippen molar-refractivity contribution in [3.63, 3.8) is 0 Å². The van der Waals surface area contributed by atoms with Gasteiger partial charge in [-0.15, -0.1) is 0 Å². The fourth-order valence-electron chi connectivity index (χ4n) is 3.70. The fourth-order valence-corrected chi connectivity index (χ4v) is 3.70. The minimum atomic E-state index is -0.215. The topological polar surface area (TPSA) is 90.7 Å². The van der Waals surface area contributed by atoms with Crippen molar-refractivity contribution < 1.29 is 9.59 Å². The highest BCUT2D eigenvalue weighted by Gasteiger charge is 2.21. The maximum Gasteiger partial charge on any atom is 0.317 e. The lowest BCUT2D eigenvalue weighted by atomic mass is 10.1. The number of rotatable bonds is 8. The smallest absolute Gasteiger partial charge is 0.317 e. The molecule has 0 spiro atoms. The van der Waals surface area contributed by atoms with Crippen LogP contribution in [0.5, 0.6) is 0 Å². The SMILES string of the molecule is CN(C)CCN(Cc1ccc(C(=O)Nc2ccccc2N)cc1)C(=O)NC1CCCC1. The summed E-state index contributed by atoms with van der Waals surface area (Å²) in [5, 5.41) is 6.01. The molecule has 1 fully saturated rings. The van der Waals surface area contributed by atoms with E-state index in [1.807, 2.05) is 43.3 Å². The number of para-hydroxylation sites is 2. The predicted octanol–water partition coefficient (Wildman–Crippen LogP) is 3.54. The Kier molecular flexibility index (Phi) is 7.89. The minimum Gasteiger partial charge on any atom is -0.397 e. The number of urea groups is 1. The molecular weight excluding hydrogens is 390 g/mol. The average Bonchev–Trinajstić information content (AvgIpc) is 3.26. The van der Waals surface area contributed by atoms with Gasteiger partial charge in [0, 0.05) is 31.2 Å². The molecular formula is C24H33N5O2. The molecule has 3 amide bonds. The van der Waals surface area contributed by atoms with E-state index in [0.717, 1.165) is 24.9 Å². The number of nitrogens with zero attached hydrogens (tertiary/aromatic N) is 2. The van der Waals surface area contributed by atoms with Crippen LogP contribution in [0, 0.1) is 0 Å². The van der Waals surface area contributed by atoms with Gasteiger partial charge in [0.1, 0.15) is 0 Å². The number of anilines is 2. The lowest BCUT2D eigenvalue weighted by Crippen LogP contribution is -2.45. The van der Waals surface area contributed by atoms with Crippen molar-refractivity contribution in [2.24, 2.45) is 0 Å². The van der Waals surface area contributed by atoms with Crippen LogP contribution in [0.1, 0.15) is 41.6 Å². The molecule has 0 heterocycles. The van der Waals surface area contributed by atoms with Crippen LogP contribution in [0.25, 0.3) is 0 Å². The van der Waals surface area contributed by atoms with Crippen LogP contribution in [0.15, 0.2) is 48.5 Å². The normalized spacial score (nSPS) is 13.9. The van der Waals surface area contributed by atoms with Gasteiger partial charge >= 0.3 is 6.03 Å².